The Kier molecular flexibility index (Phi) is 3.50. The largest absolute Gasteiger partial charge is 0.342 e. The first-order valence-corrected chi connectivity index (χ1v) is 4.70. The Hall–Kier alpha value is -1.52. The van der Waals surface area contributed by atoms with E-state index in [2.05, 4.69) is 4.98 Å². The van der Waals surface area contributed by atoms with Gasteiger partial charge in [0.05, 0.1) is 0 Å². The molecule has 1 aromatic rings. The monoisotopic (exact) mass is 197 g/mol. The van der Waals surface area contributed by atoms with Crippen molar-refractivity contribution in [2.45, 2.75) is 20.4 Å². The summed E-state index contributed by atoms with van der Waals surface area (Å²) in [5.41, 5.74) is -0.245. The summed E-state index contributed by atoms with van der Waals surface area (Å²) in [7, 11) is 0. The zero-order valence-corrected chi connectivity index (χ0v) is 8.49. The van der Waals surface area contributed by atoms with Crippen molar-refractivity contribution >= 4 is 5.91 Å². The number of aromatic amines is 1. The van der Waals surface area contributed by atoms with Crippen molar-refractivity contribution < 1.29 is 4.79 Å². The average Bonchev–Trinajstić information content (AvgIpc) is 2.54. The van der Waals surface area contributed by atoms with Crippen molar-refractivity contribution in [2.24, 2.45) is 0 Å². The van der Waals surface area contributed by atoms with Crippen molar-refractivity contribution in [3.8, 4) is 0 Å². The van der Waals surface area contributed by atoms with E-state index in [1.54, 1.807) is 11.1 Å². The zero-order valence-electron chi connectivity index (χ0n) is 8.49. The number of hydrogen-bond donors (Lipinski definition) is 1. The van der Waals surface area contributed by atoms with Crippen LogP contribution in [0.15, 0.2) is 17.2 Å². The Morgan fingerprint density at radius 3 is 2.57 bits per heavy atom. The van der Waals surface area contributed by atoms with Gasteiger partial charge in [-0.2, -0.15) is 0 Å². The third-order valence-corrected chi connectivity index (χ3v) is 2.14. The quantitative estimate of drug-likeness (QED) is 0.741. The number of nitrogens with zero attached hydrogens (tertiary/aromatic N) is 2. The highest BCUT2D eigenvalue weighted by Gasteiger charge is 2.10. The molecule has 1 aromatic heterocycles. The van der Waals surface area contributed by atoms with Crippen LogP contribution in [-0.4, -0.2) is 33.4 Å². The number of hydrogen-bond acceptors (Lipinski definition) is 2. The van der Waals surface area contributed by atoms with Gasteiger partial charge in [-0.1, -0.05) is 0 Å². The highest BCUT2D eigenvalue weighted by Crippen LogP contribution is 1.91. The van der Waals surface area contributed by atoms with E-state index in [1.165, 1.54) is 10.8 Å². The maximum Gasteiger partial charge on any atom is 0.325 e. The van der Waals surface area contributed by atoms with Gasteiger partial charge in [0.15, 0.2) is 0 Å². The van der Waals surface area contributed by atoms with E-state index in [1.807, 2.05) is 13.8 Å². The van der Waals surface area contributed by atoms with Gasteiger partial charge in [-0.3, -0.25) is 9.36 Å². The first-order chi connectivity index (χ1) is 6.69. The van der Waals surface area contributed by atoms with Crippen LogP contribution in [0.3, 0.4) is 0 Å². The fourth-order valence-corrected chi connectivity index (χ4v) is 1.30. The first kappa shape index (κ1) is 10.6. The summed E-state index contributed by atoms with van der Waals surface area (Å²) in [6.07, 6.45) is 3.10. The topological polar surface area (TPSA) is 58.1 Å². The van der Waals surface area contributed by atoms with E-state index in [4.69, 9.17) is 0 Å². The van der Waals surface area contributed by atoms with Crippen molar-refractivity contribution in [3.05, 3.63) is 22.9 Å². The third kappa shape index (κ3) is 2.25. The van der Waals surface area contributed by atoms with Crippen LogP contribution >= 0.6 is 0 Å². The molecule has 1 rings (SSSR count). The number of carbonyl (C=O) groups is 1. The maximum absolute atomic E-state index is 11.6. The van der Waals surface area contributed by atoms with E-state index in [-0.39, 0.29) is 18.1 Å². The second kappa shape index (κ2) is 4.64. The van der Waals surface area contributed by atoms with Crippen LogP contribution in [0.2, 0.25) is 0 Å². The SMILES string of the molecule is CCN(CC)C(=O)Cn1cc[nH]c1=O. The van der Waals surface area contributed by atoms with Crippen LogP contribution in [-0.2, 0) is 11.3 Å². The van der Waals surface area contributed by atoms with Gasteiger partial charge in [0.2, 0.25) is 5.91 Å². The van der Waals surface area contributed by atoms with E-state index in [9.17, 15) is 9.59 Å². The molecule has 0 aliphatic heterocycles. The molecule has 78 valence electrons. The lowest BCUT2D eigenvalue weighted by atomic mass is 10.4. The van der Waals surface area contributed by atoms with Crippen LogP contribution in [0, 0.1) is 0 Å². The van der Waals surface area contributed by atoms with Gasteiger partial charge in [-0.15, -0.1) is 0 Å². The van der Waals surface area contributed by atoms with Crippen molar-refractivity contribution in [3.63, 3.8) is 0 Å². The van der Waals surface area contributed by atoms with Gasteiger partial charge < -0.3 is 9.88 Å². The Balaban J connectivity index is 2.65. The molecule has 5 nitrogen and oxygen atoms in total. The summed E-state index contributed by atoms with van der Waals surface area (Å²) in [4.78, 5) is 26.8. The molecule has 0 aliphatic carbocycles. The normalized spacial score (nSPS) is 10.1. The summed E-state index contributed by atoms with van der Waals surface area (Å²) in [6.45, 7) is 5.30. The van der Waals surface area contributed by atoms with Gasteiger partial charge in [0.1, 0.15) is 6.54 Å². The summed E-state index contributed by atoms with van der Waals surface area (Å²) in [5.74, 6) is -0.0308. The molecule has 1 heterocycles. The van der Waals surface area contributed by atoms with Crippen molar-refractivity contribution in [2.75, 3.05) is 13.1 Å². The Morgan fingerprint density at radius 1 is 1.50 bits per heavy atom. The van der Waals surface area contributed by atoms with Gasteiger partial charge >= 0.3 is 5.69 Å². The molecule has 0 aromatic carbocycles. The average molecular weight is 197 g/mol. The van der Waals surface area contributed by atoms with Gasteiger partial charge in [-0.05, 0) is 13.8 Å². The van der Waals surface area contributed by atoms with Gasteiger partial charge in [0.25, 0.3) is 0 Å². The molecule has 0 fully saturated rings. The van der Waals surface area contributed by atoms with Gasteiger partial charge in [0, 0.05) is 25.5 Å². The number of likely N-dealkylation sites (N-methyl/N-ethyl adjacent to an activating group) is 1. The third-order valence-electron chi connectivity index (χ3n) is 2.14. The smallest absolute Gasteiger partial charge is 0.325 e. The van der Waals surface area contributed by atoms with E-state index >= 15 is 0 Å². The molecule has 1 N–H and O–H groups in total. The Labute approximate surface area is 82.3 Å². The fourth-order valence-electron chi connectivity index (χ4n) is 1.30. The summed E-state index contributed by atoms with van der Waals surface area (Å²) >= 11 is 0. The number of imidazole rings is 1. The fraction of sp³-hybridized carbons (Fsp3) is 0.556. The van der Waals surface area contributed by atoms with Crippen LogP contribution in [0.5, 0.6) is 0 Å². The molecule has 5 heteroatoms. The standard InChI is InChI=1S/C9H15N3O2/c1-3-11(4-2)8(13)7-12-6-5-10-9(12)14/h5-6H,3-4,7H2,1-2H3,(H,10,14). The molecule has 0 unspecified atom stereocenters. The summed E-state index contributed by atoms with van der Waals surface area (Å²) in [5, 5.41) is 0. The van der Waals surface area contributed by atoms with Crippen molar-refractivity contribution in [1.29, 1.82) is 0 Å². The van der Waals surface area contributed by atoms with E-state index < -0.39 is 0 Å². The number of amides is 1. The van der Waals surface area contributed by atoms with Crippen LogP contribution in [0.25, 0.3) is 0 Å². The molecule has 1 amide bonds. The van der Waals surface area contributed by atoms with E-state index in [0.717, 1.165) is 0 Å². The minimum Gasteiger partial charge on any atom is -0.342 e. The number of carbonyl (C=O) groups excluding carboxylic acids is 1. The predicted octanol–water partition coefficient (Wildman–Crippen LogP) is 0.0448. The first-order valence-electron chi connectivity index (χ1n) is 4.70. The molecular weight excluding hydrogens is 182 g/mol. The minimum absolute atomic E-state index is 0.0308. The molecule has 0 radical (unpaired) electrons. The predicted molar refractivity (Wildman–Crippen MR) is 53.0 cm³/mol. The Bertz CT molecular complexity index is 349. The molecule has 0 saturated heterocycles. The second-order valence-electron chi connectivity index (χ2n) is 2.96. The van der Waals surface area contributed by atoms with Gasteiger partial charge in [-0.25, -0.2) is 4.79 Å². The van der Waals surface area contributed by atoms with Crippen molar-refractivity contribution in [1.82, 2.24) is 14.5 Å². The molecule has 0 atom stereocenters. The lowest BCUT2D eigenvalue weighted by molar-refractivity contribution is -0.131. The van der Waals surface area contributed by atoms with Crippen LogP contribution in [0.4, 0.5) is 0 Å². The highest BCUT2D eigenvalue weighted by atomic mass is 16.2. The lowest BCUT2D eigenvalue weighted by Crippen LogP contribution is -2.35. The summed E-state index contributed by atoms with van der Waals surface area (Å²) < 4.78 is 1.36. The number of aromatic nitrogens is 2. The molecule has 0 aliphatic rings. The number of nitrogens with one attached hydrogen (secondary N) is 1. The molecule has 0 bridgehead atoms. The summed E-state index contributed by atoms with van der Waals surface area (Å²) in [6, 6.07) is 0. The van der Waals surface area contributed by atoms with Crippen LogP contribution in [0.1, 0.15) is 13.8 Å². The molecule has 14 heavy (non-hydrogen) atoms. The van der Waals surface area contributed by atoms with Crippen LogP contribution < -0.4 is 5.69 Å². The Morgan fingerprint density at radius 2 is 2.14 bits per heavy atom. The minimum atomic E-state index is -0.245. The maximum atomic E-state index is 11.6. The molecule has 0 spiro atoms. The highest BCUT2D eigenvalue weighted by molar-refractivity contribution is 5.75. The molecule has 0 saturated carbocycles. The lowest BCUT2D eigenvalue weighted by Gasteiger charge is -2.18. The zero-order chi connectivity index (χ0) is 10.6. The molecular formula is C9H15N3O2. The number of rotatable bonds is 4. The second-order valence-corrected chi connectivity index (χ2v) is 2.96. The number of H-pyrrole nitrogens is 1. The van der Waals surface area contributed by atoms with E-state index in [0.29, 0.717) is 13.1 Å².